The van der Waals surface area contributed by atoms with E-state index in [4.69, 9.17) is 39.6 Å². The highest BCUT2D eigenvalue weighted by Gasteiger charge is 2.10. The van der Waals surface area contributed by atoms with Crippen LogP contribution in [0.4, 0.5) is 0 Å². The minimum absolute atomic E-state index is 0.689. The molecule has 2 atom stereocenters. The van der Waals surface area contributed by atoms with Crippen LogP contribution >= 0.6 is 0 Å². The van der Waals surface area contributed by atoms with Crippen molar-refractivity contribution in [1.82, 2.24) is 20.4 Å². The number of piperazine rings is 2. The zero-order valence-corrected chi connectivity index (χ0v) is 16.7. The van der Waals surface area contributed by atoms with Crippen LogP contribution in [0.5, 0.6) is 0 Å². The van der Waals surface area contributed by atoms with E-state index in [1.54, 1.807) is 0 Å². The van der Waals surface area contributed by atoms with Crippen molar-refractivity contribution in [2.24, 2.45) is 0 Å². The molecule has 164 valence electrons. The van der Waals surface area contributed by atoms with Gasteiger partial charge in [0.05, 0.1) is 0 Å². The Labute approximate surface area is 164 Å². The number of carbonyl (C=O) groups is 4. The van der Waals surface area contributed by atoms with Gasteiger partial charge in [0.1, 0.15) is 0 Å². The smallest absolute Gasteiger partial charge is 0.414 e. The second-order valence-corrected chi connectivity index (χ2v) is 6.46. The second-order valence-electron chi connectivity index (χ2n) is 6.46. The maximum Gasteiger partial charge on any atom is 0.414 e. The zero-order chi connectivity index (χ0) is 22.3. The van der Waals surface area contributed by atoms with E-state index in [-0.39, 0.29) is 0 Å². The van der Waals surface area contributed by atoms with Gasteiger partial charge in [-0.2, -0.15) is 0 Å². The summed E-state index contributed by atoms with van der Waals surface area (Å²) in [5.41, 5.74) is 0. The SMILES string of the molecule is CC1CN(C)CCN1.CC1CN(C)CCN1.O=C(O)C(=O)O.O=C(O)C(=O)O. The van der Waals surface area contributed by atoms with Gasteiger partial charge in [0, 0.05) is 51.4 Å². The van der Waals surface area contributed by atoms with Gasteiger partial charge in [-0.25, -0.2) is 19.2 Å². The van der Waals surface area contributed by atoms with E-state index in [9.17, 15) is 0 Å². The molecule has 2 saturated heterocycles. The predicted octanol–water partition coefficient (Wildman–Crippen LogP) is -1.87. The minimum Gasteiger partial charge on any atom is -0.473 e. The fourth-order valence-electron chi connectivity index (χ4n) is 2.25. The van der Waals surface area contributed by atoms with Gasteiger partial charge >= 0.3 is 23.9 Å². The number of hydrogen-bond donors (Lipinski definition) is 6. The topological polar surface area (TPSA) is 180 Å². The molecule has 6 N–H and O–H groups in total. The first-order valence-electron chi connectivity index (χ1n) is 8.63. The number of nitrogens with one attached hydrogen (secondary N) is 2. The third-order valence-corrected chi connectivity index (χ3v) is 3.51. The van der Waals surface area contributed by atoms with Crippen molar-refractivity contribution < 1.29 is 39.6 Å². The van der Waals surface area contributed by atoms with Crippen molar-refractivity contribution >= 4 is 23.9 Å². The Hall–Kier alpha value is -2.28. The van der Waals surface area contributed by atoms with Gasteiger partial charge in [-0.1, -0.05) is 0 Å². The number of carboxylic acid groups (broad SMARTS) is 4. The molecule has 28 heavy (non-hydrogen) atoms. The molecule has 0 bridgehead atoms. The summed E-state index contributed by atoms with van der Waals surface area (Å²) in [5.74, 6) is -7.30. The van der Waals surface area contributed by atoms with Crippen LogP contribution < -0.4 is 10.6 Å². The van der Waals surface area contributed by atoms with Gasteiger partial charge in [0.15, 0.2) is 0 Å². The van der Waals surface area contributed by atoms with E-state index in [1.165, 1.54) is 26.2 Å². The molecule has 0 aliphatic carbocycles. The minimum atomic E-state index is -1.82. The Kier molecular flexibility index (Phi) is 15.7. The highest BCUT2D eigenvalue weighted by Crippen LogP contribution is 1.93. The molecule has 0 amide bonds. The lowest BCUT2D eigenvalue weighted by Crippen LogP contribution is -2.47. The lowest BCUT2D eigenvalue weighted by atomic mass is 10.2. The molecule has 0 spiro atoms. The standard InChI is InChI=1S/2C6H14N2.2C2H2O4/c2*1-6-5-8(2)4-3-7-6;2*3-1(4)2(5)6/h2*6-7H,3-5H2,1-2H3;2*(H,3,4)(H,5,6). The molecule has 0 radical (unpaired) electrons. The third-order valence-electron chi connectivity index (χ3n) is 3.51. The van der Waals surface area contributed by atoms with Crippen molar-refractivity contribution in [2.75, 3.05) is 53.4 Å². The van der Waals surface area contributed by atoms with E-state index in [1.807, 2.05) is 0 Å². The van der Waals surface area contributed by atoms with Crippen molar-refractivity contribution in [3.05, 3.63) is 0 Å². The average Bonchev–Trinajstić information content (AvgIpc) is 2.56. The van der Waals surface area contributed by atoms with Gasteiger partial charge in [-0.15, -0.1) is 0 Å². The molecule has 2 fully saturated rings. The summed E-state index contributed by atoms with van der Waals surface area (Å²) in [6.07, 6.45) is 0. The van der Waals surface area contributed by atoms with Gasteiger partial charge in [0.25, 0.3) is 0 Å². The molecule has 2 aliphatic rings. The van der Waals surface area contributed by atoms with Crippen LogP contribution in [-0.4, -0.2) is 120 Å². The van der Waals surface area contributed by atoms with Crippen molar-refractivity contribution in [2.45, 2.75) is 25.9 Å². The Bertz CT molecular complexity index is 419. The third kappa shape index (κ3) is 18.5. The molecule has 0 saturated carbocycles. The van der Waals surface area contributed by atoms with Crippen molar-refractivity contribution in [3.8, 4) is 0 Å². The Morgan fingerprint density at radius 2 is 0.929 bits per heavy atom. The number of likely N-dealkylation sites (N-methyl/N-ethyl adjacent to an activating group) is 2. The molecule has 12 heteroatoms. The molecular formula is C16H32N4O8. The highest BCUT2D eigenvalue weighted by atomic mass is 16.4. The molecule has 2 rings (SSSR count). The maximum absolute atomic E-state index is 9.10. The second kappa shape index (κ2) is 15.7. The lowest BCUT2D eigenvalue weighted by Gasteiger charge is -2.28. The molecule has 2 aliphatic heterocycles. The highest BCUT2D eigenvalue weighted by molar-refractivity contribution is 6.27. The van der Waals surface area contributed by atoms with Crippen LogP contribution in [0.1, 0.15) is 13.8 Å². The normalized spacial score (nSPS) is 22.0. The van der Waals surface area contributed by atoms with Crippen LogP contribution in [-0.2, 0) is 19.2 Å². The van der Waals surface area contributed by atoms with Crippen LogP contribution in [0.25, 0.3) is 0 Å². The van der Waals surface area contributed by atoms with Crippen LogP contribution in [0, 0.1) is 0 Å². The summed E-state index contributed by atoms with van der Waals surface area (Å²) >= 11 is 0. The Morgan fingerprint density at radius 1 is 0.679 bits per heavy atom. The van der Waals surface area contributed by atoms with Gasteiger partial charge < -0.3 is 40.9 Å². The van der Waals surface area contributed by atoms with Crippen molar-refractivity contribution in [1.29, 1.82) is 0 Å². The van der Waals surface area contributed by atoms with Gasteiger partial charge in [-0.3, -0.25) is 0 Å². The first-order chi connectivity index (χ1) is 12.9. The largest absolute Gasteiger partial charge is 0.473 e. The van der Waals surface area contributed by atoms with Gasteiger partial charge in [0.2, 0.25) is 0 Å². The molecular weight excluding hydrogens is 376 g/mol. The summed E-state index contributed by atoms with van der Waals surface area (Å²) in [5, 5.41) is 36.3. The van der Waals surface area contributed by atoms with E-state index < -0.39 is 23.9 Å². The number of carboxylic acids is 4. The van der Waals surface area contributed by atoms with E-state index in [0.29, 0.717) is 12.1 Å². The fourth-order valence-corrected chi connectivity index (χ4v) is 2.25. The first-order valence-corrected chi connectivity index (χ1v) is 8.63. The quantitative estimate of drug-likeness (QED) is 0.246. The number of nitrogens with zero attached hydrogens (tertiary/aromatic N) is 2. The molecule has 0 aromatic carbocycles. The summed E-state index contributed by atoms with van der Waals surface area (Å²) < 4.78 is 0. The van der Waals surface area contributed by atoms with E-state index in [0.717, 1.165) is 13.1 Å². The average molecular weight is 408 g/mol. The maximum atomic E-state index is 9.10. The van der Waals surface area contributed by atoms with Crippen molar-refractivity contribution in [3.63, 3.8) is 0 Å². The number of aliphatic carboxylic acids is 4. The molecule has 2 unspecified atom stereocenters. The summed E-state index contributed by atoms with van der Waals surface area (Å²) in [6, 6.07) is 1.38. The lowest BCUT2D eigenvalue weighted by molar-refractivity contribution is -0.159. The molecule has 0 aromatic heterocycles. The summed E-state index contributed by atoms with van der Waals surface area (Å²) in [7, 11) is 4.33. The van der Waals surface area contributed by atoms with Crippen LogP contribution in [0.2, 0.25) is 0 Å². The predicted molar refractivity (Wildman–Crippen MR) is 100 cm³/mol. The summed E-state index contributed by atoms with van der Waals surface area (Å²) in [6.45, 7) is 11.5. The fraction of sp³-hybridized carbons (Fsp3) is 0.750. The van der Waals surface area contributed by atoms with E-state index in [2.05, 4.69) is 48.4 Å². The first kappa shape index (κ1) is 27.9. The number of hydrogen-bond acceptors (Lipinski definition) is 8. The number of rotatable bonds is 0. The molecule has 2 heterocycles. The molecule has 12 nitrogen and oxygen atoms in total. The van der Waals surface area contributed by atoms with Gasteiger partial charge in [-0.05, 0) is 27.9 Å². The van der Waals surface area contributed by atoms with Crippen LogP contribution in [0.15, 0.2) is 0 Å². The zero-order valence-electron chi connectivity index (χ0n) is 16.7. The monoisotopic (exact) mass is 408 g/mol. The molecule has 0 aromatic rings. The van der Waals surface area contributed by atoms with E-state index >= 15 is 0 Å². The Balaban J connectivity index is 0. The summed E-state index contributed by atoms with van der Waals surface area (Å²) in [4.78, 5) is 41.1. The Morgan fingerprint density at radius 3 is 1.04 bits per heavy atom. The van der Waals surface area contributed by atoms with Crippen LogP contribution in [0.3, 0.4) is 0 Å².